The maximum Gasteiger partial charge on any atom is 0.337 e. The monoisotopic (exact) mass is 298 g/mol. The van der Waals surface area contributed by atoms with Crippen LogP contribution in [0.1, 0.15) is 36.0 Å². The Bertz CT molecular complexity index is 609. The van der Waals surface area contributed by atoms with Gasteiger partial charge >= 0.3 is 5.97 Å². The molecule has 4 N–H and O–H groups in total. The third kappa shape index (κ3) is 3.71. The van der Waals surface area contributed by atoms with Gasteiger partial charge in [-0.25, -0.2) is 17.9 Å². The number of hydrogen-bond donors (Lipinski definition) is 3. The van der Waals surface area contributed by atoms with E-state index >= 15 is 0 Å². The Morgan fingerprint density at radius 2 is 2.10 bits per heavy atom. The second-order valence-electron chi connectivity index (χ2n) is 5.04. The van der Waals surface area contributed by atoms with Gasteiger partial charge in [-0.2, -0.15) is 0 Å². The van der Waals surface area contributed by atoms with Crippen molar-refractivity contribution >= 4 is 21.7 Å². The molecule has 0 saturated heterocycles. The van der Waals surface area contributed by atoms with Crippen molar-refractivity contribution < 1.29 is 18.3 Å². The molecular weight excluding hydrogens is 280 g/mol. The van der Waals surface area contributed by atoms with E-state index in [1.807, 2.05) is 0 Å². The fourth-order valence-corrected chi connectivity index (χ4v) is 3.32. The molecule has 1 aliphatic rings. The number of benzene rings is 1. The van der Waals surface area contributed by atoms with E-state index < -0.39 is 16.0 Å². The molecule has 0 atom stereocenters. The van der Waals surface area contributed by atoms with Crippen molar-refractivity contribution in [3.8, 4) is 0 Å². The molecule has 20 heavy (non-hydrogen) atoms. The molecule has 0 aromatic heterocycles. The van der Waals surface area contributed by atoms with Crippen LogP contribution in [0.25, 0.3) is 0 Å². The van der Waals surface area contributed by atoms with Crippen LogP contribution in [0.5, 0.6) is 0 Å². The standard InChI is InChI=1S/C13H18N2O4S/c14-10-5-6-11(13(16)17)12(8-10)20(18,19)15-7-1-2-9-3-4-9/h5-6,8-9,15H,1-4,7,14H2,(H,16,17). The molecule has 0 bridgehead atoms. The van der Waals surface area contributed by atoms with E-state index in [2.05, 4.69) is 4.72 Å². The summed E-state index contributed by atoms with van der Waals surface area (Å²) in [7, 11) is -3.85. The van der Waals surface area contributed by atoms with Crippen molar-refractivity contribution in [2.75, 3.05) is 12.3 Å². The van der Waals surface area contributed by atoms with Gasteiger partial charge in [-0.15, -0.1) is 0 Å². The van der Waals surface area contributed by atoms with Crippen LogP contribution in [-0.2, 0) is 10.0 Å². The van der Waals surface area contributed by atoms with Gasteiger partial charge < -0.3 is 10.8 Å². The Kier molecular flexibility index (Phi) is 4.29. The number of sulfonamides is 1. The molecular formula is C13H18N2O4S. The summed E-state index contributed by atoms with van der Waals surface area (Å²) in [5.74, 6) is -0.551. The molecule has 7 heteroatoms. The molecule has 1 aliphatic carbocycles. The molecule has 1 fully saturated rings. The van der Waals surface area contributed by atoms with Gasteiger partial charge in [-0.1, -0.05) is 12.8 Å². The van der Waals surface area contributed by atoms with E-state index in [1.165, 1.54) is 31.0 Å². The number of nitrogens with one attached hydrogen (secondary N) is 1. The Morgan fingerprint density at radius 3 is 2.70 bits per heavy atom. The number of rotatable bonds is 7. The van der Waals surface area contributed by atoms with Crippen LogP contribution in [0.4, 0.5) is 5.69 Å². The SMILES string of the molecule is Nc1ccc(C(=O)O)c(S(=O)(=O)NCCCC2CC2)c1. The van der Waals surface area contributed by atoms with Crippen LogP contribution in [0.15, 0.2) is 23.1 Å². The second-order valence-corrected chi connectivity index (χ2v) is 6.78. The molecule has 110 valence electrons. The number of carboxylic acid groups (broad SMARTS) is 1. The summed E-state index contributed by atoms with van der Waals surface area (Å²) < 4.78 is 26.7. The first-order chi connectivity index (χ1) is 9.40. The normalized spacial score (nSPS) is 15.2. The van der Waals surface area contributed by atoms with Crippen LogP contribution >= 0.6 is 0 Å². The highest BCUT2D eigenvalue weighted by Crippen LogP contribution is 2.33. The highest BCUT2D eigenvalue weighted by atomic mass is 32.2. The first-order valence-corrected chi connectivity index (χ1v) is 8.01. The Morgan fingerprint density at radius 1 is 1.40 bits per heavy atom. The lowest BCUT2D eigenvalue weighted by Gasteiger charge is -2.10. The fraction of sp³-hybridized carbons (Fsp3) is 0.462. The Hall–Kier alpha value is -1.60. The topological polar surface area (TPSA) is 109 Å². The van der Waals surface area contributed by atoms with Gasteiger partial charge in [0.2, 0.25) is 10.0 Å². The summed E-state index contributed by atoms with van der Waals surface area (Å²) in [5.41, 5.74) is 5.49. The zero-order valence-electron chi connectivity index (χ0n) is 11.0. The number of nitrogen functional groups attached to an aromatic ring is 1. The predicted octanol–water partition coefficient (Wildman–Crippen LogP) is 1.44. The van der Waals surface area contributed by atoms with Crippen molar-refractivity contribution in [1.29, 1.82) is 0 Å². The number of carboxylic acids is 1. The molecule has 1 aromatic carbocycles. The quantitative estimate of drug-likeness (QED) is 0.521. The predicted molar refractivity (Wildman–Crippen MR) is 75.0 cm³/mol. The van der Waals surface area contributed by atoms with E-state index in [0.717, 1.165) is 18.8 Å². The largest absolute Gasteiger partial charge is 0.478 e. The van der Waals surface area contributed by atoms with E-state index in [1.54, 1.807) is 0 Å². The minimum Gasteiger partial charge on any atom is -0.478 e. The van der Waals surface area contributed by atoms with Crippen LogP contribution in [0, 0.1) is 5.92 Å². The van der Waals surface area contributed by atoms with Gasteiger partial charge in [-0.3, -0.25) is 0 Å². The summed E-state index contributed by atoms with van der Waals surface area (Å²) in [5, 5.41) is 9.04. The summed E-state index contributed by atoms with van der Waals surface area (Å²) >= 11 is 0. The van der Waals surface area contributed by atoms with Crippen molar-refractivity contribution in [2.45, 2.75) is 30.6 Å². The molecule has 0 spiro atoms. The minimum atomic E-state index is -3.85. The summed E-state index contributed by atoms with van der Waals surface area (Å²) in [6, 6.07) is 3.75. The van der Waals surface area contributed by atoms with Gasteiger partial charge in [0.05, 0.1) is 10.5 Å². The number of anilines is 1. The zero-order valence-corrected chi connectivity index (χ0v) is 11.8. The van der Waals surface area contributed by atoms with Crippen LogP contribution < -0.4 is 10.5 Å². The average molecular weight is 298 g/mol. The third-order valence-corrected chi connectivity index (χ3v) is 4.80. The number of aromatic carboxylic acids is 1. The number of nitrogens with two attached hydrogens (primary N) is 1. The molecule has 0 heterocycles. The highest BCUT2D eigenvalue weighted by Gasteiger charge is 2.23. The second kappa shape index (κ2) is 5.80. The van der Waals surface area contributed by atoms with Crippen LogP contribution in [-0.4, -0.2) is 26.0 Å². The van der Waals surface area contributed by atoms with E-state index in [-0.39, 0.29) is 16.1 Å². The average Bonchev–Trinajstić information content (AvgIpc) is 3.18. The maximum absolute atomic E-state index is 12.1. The van der Waals surface area contributed by atoms with Gasteiger partial charge in [0.1, 0.15) is 0 Å². The van der Waals surface area contributed by atoms with Crippen molar-refractivity contribution in [1.82, 2.24) is 4.72 Å². The van der Waals surface area contributed by atoms with Crippen molar-refractivity contribution in [3.63, 3.8) is 0 Å². The zero-order chi connectivity index (χ0) is 14.8. The Balaban J connectivity index is 2.10. The lowest BCUT2D eigenvalue weighted by molar-refractivity contribution is 0.0692. The van der Waals surface area contributed by atoms with Gasteiger partial charge in [-0.05, 0) is 37.0 Å². The van der Waals surface area contributed by atoms with Crippen molar-refractivity contribution in [3.05, 3.63) is 23.8 Å². The highest BCUT2D eigenvalue weighted by molar-refractivity contribution is 7.89. The lowest BCUT2D eigenvalue weighted by Crippen LogP contribution is -2.26. The van der Waals surface area contributed by atoms with Gasteiger partial charge in [0, 0.05) is 12.2 Å². The van der Waals surface area contributed by atoms with Crippen LogP contribution in [0.3, 0.4) is 0 Å². The van der Waals surface area contributed by atoms with Gasteiger partial charge in [0.25, 0.3) is 0 Å². The van der Waals surface area contributed by atoms with Crippen LogP contribution in [0.2, 0.25) is 0 Å². The van der Waals surface area contributed by atoms with Gasteiger partial charge in [0.15, 0.2) is 0 Å². The van der Waals surface area contributed by atoms with E-state index in [0.29, 0.717) is 6.54 Å². The molecule has 2 rings (SSSR count). The molecule has 6 nitrogen and oxygen atoms in total. The molecule has 1 aromatic rings. The van der Waals surface area contributed by atoms with E-state index in [9.17, 15) is 13.2 Å². The van der Waals surface area contributed by atoms with Crippen molar-refractivity contribution in [2.24, 2.45) is 5.92 Å². The lowest BCUT2D eigenvalue weighted by atomic mass is 10.2. The maximum atomic E-state index is 12.1. The molecule has 0 aliphatic heterocycles. The summed E-state index contributed by atoms with van der Waals surface area (Å²) in [6.07, 6.45) is 4.22. The molecule has 0 unspecified atom stereocenters. The third-order valence-electron chi connectivity index (χ3n) is 3.30. The smallest absolute Gasteiger partial charge is 0.337 e. The first kappa shape index (κ1) is 14.8. The minimum absolute atomic E-state index is 0.216. The molecule has 1 saturated carbocycles. The Labute approximate surface area is 118 Å². The molecule has 0 radical (unpaired) electrons. The number of hydrogen-bond acceptors (Lipinski definition) is 4. The summed E-state index contributed by atoms with van der Waals surface area (Å²) in [4.78, 5) is 10.8. The molecule has 0 amide bonds. The fourth-order valence-electron chi connectivity index (χ4n) is 2.02. The number of carbonyl (C=O) groups is 1. The van der Waals surface area contributed by atoms with E-state index in [4.69, 9.17) is 10.8 Å². The summed E-state index contributed by atoms with van der Waals surface area (Å²) in [6.45, 7) is 0.312. The first-order valence-electron chi connectivity index (χ1n) is 6.52.